The minimum absolute atomic E-state index is 0.101. The number of nitrogens with zero attached hydrogens (tertiary/aromatic N) is 1. The van der Waals surface area contributed by atoms with E-state index in [1.54, 1.807) is 6.20 Å². The maximum Gasteiger partial charge on any atom is 0.104 e. The minimum atomic E-state index is -0.101. The van der Waals surface area contributed by atoms with Gasteiger partial charge in [0.15, 0.2) is 0 Å². The molecule has 80 valence electrons. The molecule has 0 atom stereocenters. The molecule has 0 fully saturated rings. The molecule has 1 aromatic rings. The molecule has 1 N–H and O–H groups in total. The Morgan fingerprint density at radius 2 is 2.27 bits per heavy atom. The van der Waals surface area contributed by atoms with Crippen LogP contribution in [0.25, 0.3) is 0 Å². The summed E-state index contributed by atoms with van der Waals surface area (Å²) in [5.74, 6) is 5.48. The molecule has 0 aliphatic carbocycles. The molecule has 1 rings (SSSR count). The van der Waals surface area contributed by atoms with Gasteiger partial charge in [-0.25, -0.2) is 0 Å². The number of aryl methyl sites for hydroxylation is 2. The van der Waals surface area contributed by atoms with Crippen LogP contribution < -0.4 is 0 Å². The Balaban J connectivity index is 2.78. The van der Waals surface area contributed by atoms with Crippen LogP contribution in [0.15, 0.2) is 12.3 Å². The van der Waals surface area contributed by atoms with Crippen LogP contribution in [0.5, 0.6) is 0 Å². The van der Waals surface area contributed by atoms with Crippen LogP contribution in [-0.4, -0.2) is 16.7 Å². The van der Waals surface area contributed by atoms with Crippen molar-refractivity contribution >= 4 is 0 Å². The first-order valence-corrected chi connectivity index (χ1v) is 5.33. The van der Waals surface area contributed by atoms with E-state index in [0.717, 1.165) is 17.7 Å². The van der Waals surface area contributed by atoms with Crippen LogP contribution >= 0.6 is 0 Å². The third-order valence-corrected chi connectivity index (χ3v) is 2.27. The molecule has 2 nitrogen and oxygen atoms in total. The van der Waals surface area contributed by atoms with Gasteiger partial charge in [0.2, 0.25) is 0 Å². The molecule has 0 saturated heterocycles. The molecule has 0 aliphatic rings. The van der Waals surface area contributed by atoms with Crippen LogP contribution in [-0.2, 0) is 6.42 Å². The summed E-state index contributed by atoms with van der Waals surface area (Å²) in [7, 11) is 0. The highest BCUT2D eigenvalue weighted by Crippen LogP contribution is 2.09. The van der Waals surface area contributed by atoms with Crippen molar-refractivity contribution < 1.29 is 5.11 Å². The summed E-state index contributed by atoms with van der Waals surface area (Å²) in [6.45, 7) is 4.13. The fourth-order valence-corrected chi connectivity index (χ4v) is 1.42. The molecule has 1 heterocycles. The van der Waals surface area contributed by atoms with Gasteiger partial charge in [0.1, 0.15) is 6.61 Å². The standard InChI is InChI=1S/C13H17NO/c1-3-4-7-13-11(2)9-12(10-14-13)6-5-8-15/h9-10,15H,3-4,7-8H2,1-2H3. The topological polar surface area (TPSA) is 33.1 Å². The Bertz CT molecular complexity index is 374. The number of rotatable bonds is 3. The smallest absolute Gasteiger partial charge is 0.104 e. The third-order valence-electron chi connectivity index (χ3n) is 2.27. The lowest BCUT2D eigenvalue weighted by atomic mass is 10.1. The van der Waals surface area contributed by atoms with Gasteiger partial charge in [-0.2, -0.15) is 0 Å². The molecule has 0 unspecified atom stereocenters. The lowest BCUT2D eigenvalue weighted by Crippen LogP contribution is -1.95. The largest absolute Gasteiger partial charge is 0.384 e. The van der Waals surface area contributed by atoms with Crippen molar-refractivity contribution in [3.63, 3.8) is 0 Å². The molecular formula is C13H17NO. The second-order valence-electron chi connectivity index (χ2n) is 3.55. The molecule has 1 aromatic heterocycles. The number of aromatic nitrogens is 1. The highest BCUT2D eigenvalue weighted by Gasteiger charge is 1.99. The van der Waals surface area contributed by atoms with E-state index in [2.05, 4.69) is 30.7 Å². The summed E-state index contributed by atoms with van der Waals surface area (Å²) < 4.78 is 0. The van der Waals surface area contributed by atoms with E-state index in [9.17, 15) is 0 Å². The predicted octanol–water partition coefficient (Wildman–Crippen LogP) is 2.08. The van der Waals surface area contributed by atoms with Crippen molar-refractivity contribution in [2.24, 2.45) is 0 Å². The molecule has 0 radical (unpaired) electrons. The molecule has 0 aliphatic heterocycles. The zero-order chi connectivity index (χ0) is 11.1. The maximum absolute atomic E-state index is 8.57. The van der Waals surface area contributed by atoms with Crippen LogP contribution in [0, 0.1) is 18.8 Å². The fraction of sp³-hybridized carbons (Fsp3) is 0.462. The van der Waals surface area contributed by atoms with Gasteiger partial charge < -0.3 is 5.11 Å². The van der Waals surface area contributed by atoms with Gasteiger partial charge in [-0.1, -0.05) is 25.2 Å². The molecule has 0 bridgehead atoms. The zero-order valence-electron chi connectivity index (χ0n) is 9.38. The van der Waals surface area contributed by atoms with E-state index in [1.165, 1.54) is 18.4 Å². The fourth-order valence-electron chi connectivity index (χ4n) is 1.42. The Morgan fingerprint density at radius 3 is 2.87 bits per heavy atom. The summed E-state index contributed by atoms with van der Waals surface area (Å²) in [5.41, 5.74) is 3.22. The summed E-state index contributed by atoms with van der Waals surface area (Å²) >= 11 is 0. The van der Waals surface area contributed by atoms with Gasteiger partial charge in [-0.15, -0.1) is 0 Å². The molecule has 15 heavy (non-hydrogen) atoms. The highest BCUT2D eigenvalue weighted by atomic mass is 16.2. The van der Waals surface area contributed by atoms with Crippen LogP contribution in [0.2, 0.25) is 0 Å². The lowest BCUT2D eigenvalue weighted by Gasteiger charge is -2.03. The Morgan fingerprint density at radius 1 is 1.47 bits per heavy atom. The van der Waals surface area contributed by atoms with E-state index < -0.39 is 0 Å². The summed E-state index contributed by atoms with van der Waals surface area (Å²) in [6, 6.07) is 2.03. The molecule has 0 saturated carbocycles. The monoisotopic (exact) mass is 203 g/mol. The maximum atomic E-state index is 8.57. The highest BCUT2D eigenvalue weighted by molar-refractivity contribution is 5.36. The van der Waals surface area contributed by atoms with Gasteiger partial charge >= 0.3 is 0 Å². The first-order valence-electron chi connectivity index (χ1n) is 5.33. The average Bonchev–Trinajstić information content (AvgIpc) is 2.25. The number of hydrogen-bond acceptors (Lipinski definition) is 2. The molecule has 2 heteroatoms. The van der Waals surface area contributed by atoms with E-state index in [-0.39, 0.29) is 6.61 Å². The number of pyridine rings is 1. The second kappa shape index (κ2) is 6.21. The van der Waals surface area contributed by atoms with Crippen LogP contribution in [0.1, 0.15) is 36.6 Å². The zero-order valence-corrected chi connectivity index (χ0v) is 9.38. The SMILES string of the molecule is CCCCc1ncc(C#CCO)cc1C. The molecule has 0 aromatic carbocycles. The quantitative estimate of drug-likeness (QED) is 0.763. The normalized spacial score (nSPS) is 9.53. The minimum Gasteiger partial charge on any atom is -0.384 e. The van der Waals surface area contributed by atoms with Crippen molar-refractivity contribution in [3.8, 4) is 11.8 Å². The third kappa shape index (κ3) is 3.73. The predicted molar refractivity (Wildman–Crippen MR) is 61.5 cm³/mol. The van der Waals surface area contributed by atoms with Crippen molar-refractivity contribution in [3.05, 3.63) is 29.1 Å². The van der Waals surface area contributed by atoms with Gasteiger partial charge in [0, 0.05) is 17.5 Å². The average molecular weight is 203 g/mol. The Hall–Kier alpha value is -1.33. The van der Waals surface area contributed by atoms with Crippen molar-refractivity contribution in [2.45, 2.75) is 33.1 Å². The van der Waals surface area contributed by atoms with Crippen molar-refractivity contribution in [1.82, 2.24) is 4.98 Å². The first kappa shape index (κ1) is 11.7. The van der Waals surface area contributed by atoms with Crippen LogP contribution in [0.3, 0.4) is 0 Å². The van der Waals surface area contributed by atoms with Crippen LogP contribution in [0.4, 0.5) is 0 Å². The van der Waals surface area contributed by atoms with Crippen molar-refractivity contribution in [2.75, 3.05) is 6.61 Å². The van der Waals surface area contributed by atoms with E-state index >= 15 is 0 Å². The summed E-state index contributed by atoms with van der Waals surface area (Å²) in [5, 5.41) is 8.57. The van der Waals surface area contributed by atoms with Gasteiger partial charge in [-0.3, -0.25) is 4.98 Å². The number of unbranched alkanes of at least 4 members (excludes halogenated alkanes) is 1. The molecular weight excluding hydrogens is 186 g/mol. The van der Waals surface area contributed by atoms with E-state index in [1.807, 2.05) is 6.07 Å². The Kier molecular flexibility index (Phi) is 4.86. The van der Waals surface area contributed by atoms with E-state index in [4.69, 9.17) is 5.11 Å². The number of aliphatic hydroxyl groups is 1. The van der Waals surface area contributed by atoms with Gasteiger partial charge in [0.25, 0.3) is 0 Å². The van der Waals surface area contributed by atoms with Gasteiger partial charge in [-0.05, 0) is 31.4 Å². The molecule has 0 amide bonds. The summed E-state index contributed by atoms with van der Waals surface area (Å²) in [4.78, 5) is 4.38. The van der Waals surface area contributed by atoms with E-state index in [0.29, 0.717) is 0 Å². The number of aliphatic hydroxyl groups excluding tert-OH is 1. The lowest BCUT2D eigenvalue weighted by molar-refractivity contribution is 0.350. The first-order chi connectivity index (χ1) is 7.27. The molecule has 0 spiro atoms. The summed E-state index contributed by atoms with van der Waals surface area (Å²) in [6.07, 6.45) is 5.18. The number of hydrogen-bond donors (Lipinski definition) is 1. The second-order valence-corrected chi connectivity index (χ2v) is 3.55. The van der Waals surface area contributed by atoms with Crippen molar-refractivity contribution in [1.29, 1.82) is 0 Å². The Labute approximate surface area is 91.4 Å². The van der Waals surface area contributed by atoms with Gasteiger partial charge in [0.05, 0.1) is 0 Å².